The number of morpholine rings is 1. The number of nitrogens with zero attached hydrogens (tertiary/aromatic N) is 5. The second kappa shape index (κ2) is 8.38. The van der Waals surface area contributed by atoms with Gasteiger partial charge in [0.25, 0.3) is 0 Å². The fourth-order valence-electron chi connectivity index (χ4n) is 4.19. The predicted molar refractivity (Wildman–Crippen MR) is 110 cm³/mol. The van der Waals surface area contributed by atoms with Crippen molar-refractivity contribution in [2.75, 3.05) is 32.9 Å². The maximum absolute atomic E-state index is 12.0. The van der Waals surface area contributed by atoms with E-state index in [1.165, 1.54) is 0 Å². The lowest BCUT2D eigenvalue weighted by Gasteiger charge is -2.32. The molecule has 0 aliphatic carbocycles. The Balaban J connectivity index is 1.65. The zero-order valence-electron chi connectivity index (χ0n) is 16.5. The summed E-state index contributed by atoms with van der Waals surface area (Å²) in [6.07, 6.45) is 7.47. The van der Waals surface area contributed by atoms with Crippen LogP contribution in [0.25, 0.3) is 17.5 Å². The van der Waals surface area contributed by atoms with Crippen molar-refractivity contribution in [3.8, 4) is 11.4 Å². The fourth-order valence-corrected chi connectivity index (χ4v) is 4.78. The molecule has 3 aliphatic rings. The van der Waals surface area contributed by atoms with Gasteiger partial charge in [-0.25, -0.2) is 4.68 Å². The molecule has 0 spiro atoms. The van der Waals surface area contributed by atoms with Gasteiger partial charge in [0.2, 0.25) is 10.3 Å². The average Bonchev–Trinajstić information content (AvgIpc) is 3.28. The quantitative estimate of drug-likeness (QED) is 0.622. The van der Waals surface area contributed by atoms with E-state index in [4.69, 9.17) is 14.5 Å². The van der Waals surface area contributed by atoms with E-state index in [-0.39, 0.29) is 11.1 Å². The van der Waals surface area contributed by atoms with Crippen molar-refractivity contribution in [3.63, 3.8) is 0 Å². The molecule has 3 aliphatic heterocycles. The van der Waals surface area contributed by atoms with E-state index in [9.17, 15) is 8.42 Å². The maximum Gasteiger partial charge on any atom is 0.220 e. The summed E-state index contributed by atoms with van der Waals surface area (Å²) in [5, 5.41) is 5.90. The summed E-state index contributed by atoms with van der Waals surface area (Å²) in [7, 11) is -2.37. The molecule has 0 amide bonds. The summed E-state index contributed by atoms with van der Waals surface area (Å²) >= 11 is 0. The van der Waals surface area contributed by atoms with Crippen LogP contribution in [-0.4, -0.2) is 72.0 Å². The highest BCUT2D eigenvalue weighted by molar-refractivity contribution is 7.74. The van der Waals surface area contributed by atoms with Gasteiger partial charge in [-0.15, -0.1) is 0 Å². The second-order valence-electron chi connectivity index (χ2n) is 7.51. The molecule has 2 atom stereocenters. The number of aromatic nitrogens is 3. The van der Waals surface area contributed by atoms with E-state index < -0.39 is 16.5 Å². The number of fused-ring (bicyclic) bond motifs is 1. The molecule has 158 valence electrons. The normalized spacial score (nSPS) is 24.6. The molecule has 9 nitrogen and oxygen atoms in total. The highest BCUT2D eigenvalue weighted by Gasteiger charge is 2.28. The number of pyridine rings is 1. The topological polar surface area (TPSA) is 98.9 Å². The third-order valence-corrected chi connectivity index (χ3v) is 6.40. The molecule has 2 fully saturated rings. The standard InChI is InChI=1S/C20H23N5O4S/c26-30(27)16-13-14-4-6-21-19(18(14)23-20(16)24-8-11-28-12-9-24)15-5-7-22-25(15)17-3-1-2-10-29-17/h4-7,13,17,20H,1-3,8-12H2. The molecule has 0 radical (unpaired) electrons. The van der Waals surface area contributed by atoms with Crippen LogP contribution in [0, 0.1) is 0 Å². The van der Waals surface area contributed by atoms with Crippen LogP contribution in [-0.2, 0) is 19.8 Å². The van der Waals surface area contributed by atoms with Crippen molar-refractivity contribution in [2.24, 2.45) is 4.99 Å². The van der Waals surface area contributed by atoms with Crippen molar-refractivity contribution in [1.29, 1.82) is 0 Å². The molecular weight excluding hydrogens is 406 g/mol. The van der Waals surface area contributed by atoms with Crippen LogP contribution in [0.2, 0.25) is 0 Å². The molecule has 2 aromatic rings. The molecule has 5 heterocycles. The van der Waals surface area contributed by atoms with Crippen molar-refractivity contribution >= 4 is 21.2 Å². The molecular formula is C20H23N5O4S. The van der Waals surface area contributed by atoms with Crippen LogP contribution in [0.3, 0.4) is 0 Å². The van der Waals surface area contributed by atoms with E-state index in [1.807, 2.05) is 15.6 Å². The van der Waals surface area contributed by atoms with Gasteiger partial charge < -0.3 is 9.47 Å². The highest BCUT2D eigenvalue weighted by atomic mass is 32.2. The molecule has 5 rings (SSSR count). The molecule has 0 bridgehead atoms. The van der Waals surface area contributed by atoms with Gasteiger partial charge in [-0.05, 0) is 37.5 Å². The summed E-state index contributed by atoms with van der Waals surface area (Å²) < 4.78 is 37.1. The minimum absolute atomic E-state index is 0.125. The SMILES string of the molecule is O=S(=O)=C1C=c2ccnc(-c3ccnn3C3CCCCO3)c2=NC1N1CCOCC1. The zero-order chi connectivity index (χ0) is 20.5. The van der Waals surface area contributed by atoms with Gasteiger partial charge in [0.15, 0.2) is 6.23 Å². The smallest absolute Gasteiger partial charge is 0.220 e. The van der Waals surface area contributed by atoms with E-state index >= 15 is 0 Å². The number of hydrogen-bond acceptors (Lipinski definition) is 8. The monoisotopic (exact) mass is 429 g/mol. The Hall–Kier alpha value is -2.40. The predicted octanol–water partition coefficient (Wildman–Crippen LogP) is -0.232. The molecule has 2 aromatic heterocycles. The zero-order valence-corrected chi connectivity index (χ0v) is 17.3. The average molecular weight is 430 g/mol. The van der Waals surface area contributed by atoms with Crippen molar-refractivity contribution < 1.29 is 17.9 Å². The number of ether oxygens (including phenoxy) is 2. The second-order valence-corrected chi connectivity index (χ2v) is 8.45. The highest BCUT2D eigenvalue weighted by Crippen LogP contribution is 2.26. The first-order valence-corrected chi connectivity index (χ1v) is 11.3. The first-order chi connectivity index (χ1) is 14.7. The minimum Gasteiger partial charge on any atom is -0.379 e. The van der Waals surface area contributed by atoms with Gasteiger partial charge in [0, 0.05) is 37.3 Å². The third-order valence-electron chi connectivity index (χ3n) is 5.68. The number of rotatable bonds is 3. The molecule has 0 N–H and O–H groups in total. The van der Waals surface area contributed by atoms with Crippen molar-refractivity contribution in [3.05, 3.63) is 35.1 Å². The van der Waals surface area contributed by atoms with Gasteiger partial charge in [-0.3, -0.25) is 14.9 Å². The Morgan fingerprint density at radius 1 is 1.07 bits per heavy atom. The lowest BCUT2D eigenvalue weighted by atomic mass is 10.1. The van der Waals surface area contributed by atoms with Gasteiger partial charge in [0.1, 0.15) is 16.7 Å². The lowest BCUT2D eigenvalue weighted by Crippen LogP contribution is -2.50. The summed E-state index contributed by atoms with van der Waals surface area (Å²) in [5.41, 5.74) is 1.51. The van der Waals surface area contributed by atoms with Gasteiger partial charge in [-0.2, -0.15) is 13.5 Å². The van der Waals surface area contributed by atoms with Crippen LogP contribution >= 0.6 is 0 Å². The van der Waals surface area contributed by atoms with Crippen LogP contribution in [0.4, 0.5) is 0 Å². The molecule has 30 heavy (non-hydrogen) atoms. The largest absolute Gasteiger partial charge is 0.379 e. The van der Waals surface area contributed by atoms with E-state index in [1.54, 1.807) is 24.5 Å². The maximum atomic E-state index is 12.0. The van der Waals surface area contributed by atoms with Gasteiger partial charge >= 0.3 is 0 Å². The summed E-state index contributed by atoms with van der Waals surface area (Å²) in [5.74, 6) is 0. The van der Waals surface area contributed by atoms with Crippen LogP contribution in [0.1, 0.15) is 25.5 Å². The summed E-state index contributed by atoms with van der Waals surface area (Å²) in [6.45, 7) is 3.09. The molecule has 2 saturated heterocycles. The molecule has 10 heteroatoms. The van der Waals surface area contributed by atoms with E-state index in [0.29, 0.717) is 37.4 Å². The lowest BCUT2D eigenvalue weighted by molar-refractivity contribution is -0.0384. The molecule has 0 aromatic carbocycles. The van der Waals surface area contributed by atoms with E-state index in [2.05, 4.69) is 10.1 Å². The number of hydrogen-bond donors (Lipinski definition) is 0. The molecule has 2 unspecified atom stereocenters. The minimum atomic E-state index is -2.37. The molecule has 0 saturated carbocycles. The third kappa shape index (κ3) is 3.60. The summed E-state index contributed by atoms with van der Waals surface area (Å²) in [4.78, 5) is 11.8. The Morgan fingerprint density at radius 2 is 1.93 bits per heavy atom. The first kappa shape index (κ1) is 19.6. The van der Waals surface area contributed by atoms with Gasteiger partial charge in [-0.1, -0.05) is 0 Å². The first-order valence-electron chi connectivity index (χ1n) is 10.2. The van der Waals surface area contributed by atoms with Crippen LogP contribution < -0.4 is 10.6 Å². The van der Waals surface area contributed by atoms with Crippen molar-refractivity contribution in [2.45, 2.75) is 31.7 Å². The summed E-state index contributed by atoms with van der Waals surface area (Å²) in [6, 6.07) is 3.70. The van der Waals surface area contributed by atoms with Crippen LogP contribution in [0.15, 0.2) is 29.5 Å². The van der Waals surface area contributed by atoms with Crippen molar-refractivity contribution in [1.82, 2.24) is 19.7 Å². The fraction of sp³-hybridized carbons (Fsp3) is 0.500. The van der Waals surface area contributed by atoms with E-state index in [0.717, 1.165) is 36.8 Å². The van der Waals surface area contributed by atoms with Gasteiger partial charge in [0.05, 0.1) is 24.3 Å². The Kier molecular flexibility index (Phi) is 5.47. The Labute approximate surface area is 175 Å². The van der Waals surface area contributed by atoms with Crippen LogP contribution in [0.5, 0.6) is 0 Å². The Bertz CT molecular complexity index is 1190. The Morgan fingerprint density at radius 3 is 2.70 bits per heavy atom.